The van der Waals surface area contributed by atoms with E-state index < -0.39 is 49.4 Å². The molecule has 0 atom stereocenters. The third-order valence-electron chi connectivity index (χ3n) is 2.76. The quantitative estimate of drug-likeness (QED) is 0.345. The van der Waals surface area contributed by atoms with Gasteiger partial charge in [0.25, 0.3) is 0 Å². The van der Waals surface area contributed by atoms with E-state index >= 15 is 0 Å². The van der Waals surface area contributed by atoms with Crippen molar-refractivity contribution in [1.29, 1.82) is 0 Å². The molecule has 0 heterocycles. The van der Waals surface area contributed by atoms with Gasteiger partial charge in [-0.25, -0.2) is 19.2 Å². The van der Waals surface area contributed by atoms with Gasteiger partial charge in [-0.3, -0.25) is 0 Å². The van der Waals surface area contributed by atoms with Crippen LogP contribution in [0.4, 0.5) is 4.79 Å². The van der Waals surface area contributed by atoms with Crippen molar-refractivity contribution in [2.45, 2.75) is 26.4 Å². The van der Waals surface area contributed by atoms with Gasteiger partial charge in [0.15, 0.2) is 0 Å². The Bertz CT molecular complexity index is 561. The second-order valence-electron chi connectivity index (χ2n) is 5.67. The van der Waals surface area contributed by atoms with Gasteiger partial charge in [0.2, 0.25) is 5.60 Å². The molecule has 0 aliphatic heterocycles. The molecule has 0 rings (SSSR count). The Morgan fingerprint density at radius 3 is 1.19 bits per heavy atom. The molecule has 0 aliphatic rings. The molecule has 144 valence electrons. The fraction of sp³-hybridized carbons (Fsp3) is 0.412. The fourth-order valence-electron chi connectivity index (χ4n) is 1.39. The lowest BCUT2D eigenvalue weighted by Gasteiger charge is -2.31. The van der Waals surface area contributed by atoms with E-state index in [4.69, 9.17) is 24.7 Å². The maximum Gasteiger partial charge on any atom is 0.405 e. The first-order valence-corrected chi connectivity index (χ1v) is 7.36. The van der Waals surface area contributed by atoms with E-state index in [0.29, 0.717) is 0 Å². The number of carbonyl (C=O) groups excluding carboxylic acids is 4. The first kappa shape index (κ1) is 22.9. The van der Waals surface area contributed by atoms with Gasteiger partial charge < -0.3 is 24.7 Å². The summed E-state index contributed by atoms with van der Waals surface area (Å²) in [7, 11) is 0. The lowest BCUT2D eigenvalue weighted by Crippen LogP contribution is -2.51. The summed E-state index contributed by atoms with van der Waals surface area (Å²) >= 11 is 0. The Morgan fingerprint density at radius 1 is 0.731 bits per heavy atom. The summed E-state index contributed by atoms with van der Waals surface area (Å²) in [4.78, 5) is 46.2. The zero-order chi connectivity index (χ0) is 20.5. The Hall–Kier alpha value is -3.10. The Morgan fingerprint density at radius 2 is 1.00 bits per heavy atom. The second kappa shape index (κ2) is 10.0. The van der Waals surface area contributed by atoms with Crippen LogP contribution >= 0.6 is 0 Å². The zero-order valence-electron chi connectivity index (χ0n) is 15.1. The van der Waals surface area contributed by atoms with Crippen LogP contribution in [-0.2, 0) is 33.3 Å². The van der Waals surface area contributed by atoms with Crippen molar-refractivity contribution in [2.75, 3.05) is 19.8 Å². The van der Waals surface area contributed by atoms with Gasteiger partial charge in [-0.05, 0) is 20.8 Å². The molecule has 0 fully saturated rings. The van der Waals surface area contributed by atoms with Crippen LogP contribution in [0, 0.1) is 0 Å². The zero-order valence-corrected chi connectivity index (χ0v) is 15.1. The number of hydrogen-bond acceptors (Lipinski definition) is 8. The molecule has 0 aromatic rings. The minimum Gasteiger partial charge on any atom is -0.458 e. The van der Waals surface area contributed by atoms with E-state index in [1.807, 2.05) is 0 Å². The third-order valence-corrected chi connectivity index (χ3v) is 2.76. The number of nitrogens with two attached hydrogens (primary N) is 1. The minimum absolute atomic E-state index is 0.0795. The van der Waals surface area contributed by atoms with Gasteiger partial charge in [0.05, 0.1) is 0 Å². The monoisotopic (exact) mass is 369 g/mol. The standard InChI is InChI=1S/C17H23NO8/c1-10(2)13(19)23-7-17(26-16(18)22,8-24-14(20)11(3)4)9-25-15(21)12(5)6/h1,3,5,7-9H2,2,4,6H3,(H2,18,22). The van der Waals surface area contributed by atoms with E-state index in [-0.39, 0.29) is 16.7 Å². The molecule has 9 heteroatoms. The average Bonchev–Trinajstić information content (AvgIpc) is 2.54. The lowest BCUT2D eigenvalue weighted by molar-refractivity contribution is -0.170. The summed E-state index contributed by atoms with van der Waals surface area (Å²) < 4.78 is 19.8. The number of esters is 3. The Labute approximate surface area is 151 Å². The van der Waals surface area contributed by atoms with Gasteiger partial charge in [-0.1, -0.05) is 19.7 Å². The molecule has 26 heavy (non-hydrogen) atoms. The van der Waals surface area contributed by atoms with E-state index in [1.54, 1.807) is 0 Å². The minimum atomic E-state index is -1.85. The van der Waals surface area contributed by atoms with Crippen LogP contribution < -0.4 is 5.73 Å². The van der Waals surface area contributed by atoms with Gasteiger partial charge in [-0.15, -0.1) is 0 Å². The highest BCUT2D eigenvalue weighted by atomic mass is 16.6. The van der Waals surface area contributed by atoms with Gasteiger partial charge in [0.1, 0.15) is 19.8 Å². The first-order chi connectivity index (χ1) is 11.9. The van der Waals surface area contributed by atoms with Crippen LogP contribution in [0.15, 0.2) is 36.5 Å². The molecule has 0 spiro atoms. The molecule has 0 aromatic heterocycles. The molecule has 2 N–H and O–H groups in total. The summed E-state index contributed by atoms with van der Waals surface area (Å²) in [6.07, 6.45) is -1.26. The fourth-order valence-corrected chi connectivity index (χ4v) is 1.39. The summed E-state index contributed by atoms with van der Waals surface area (Å²) in [5, 5.41) is 0. The van der Waals surface area contributed by atoms with Crippen molar-refractivity contribution in [3.63, 3.8) is 0 Å². The molecule has 0 aromatic carbocycles. The Kier molecular flexibility index (Phi) is 8.82. The van der Waals surface area contributed by atoms with E-state index in [9.17, 15) is 19.2 Å². The lowest BCUT2D eigenvalue weighted by atomic mass is 10.1. The van der Waals surface area contributed by atoms with Gasteiger partial charge >= 0.3 is 24.0 Å². The smallest absolute Gasteiger partial charge is 0.405 e. The molecule has 1 amide bonds. The van der Waals surface area contributed by atoms with Crippen molar-refractivity contribution in [1.82, 2.24) is 0 Å². The van der Waals surface area contributed by atoms with Crippen LogP contribution in [-0.4, -0.2) is 49.4 Å². The highest BCUT2D eigenvalue weighted by Gasteiger charge is 2.40. The molecule has 0 saturated carbocycles. The summed E-state index contributed by atoms with van der Waals surface area (Å²) in [6.45, 7) is 12.6. The summed E-state index contributed by atoms with van der Waals surface area (Å²) in [5.41, 5.74) is 3.43. The van der Waals surface area contributed by atoms with Gasteiger partial charge in [0, 0.05) is 16.7 Å². The molecule has 0 bridgehead atoms. The number of amides is 1. The van der Waals surface area contributed by atoms with Gasteiger partial charge in [-0.2, -0.15) is 0 Å². The molecule has 0 unspecified atom stereocenters. The number of rotatable bonds is 10. The maximum atomic E-state index is 11.6. The number of primary amides is 1. The molecular weight excluding hydrogens is 346 g/mol. The molecule has 0 aliphatic carbocycles. The van der Waals surface area contributed by atoms with Crippen LogP contribution in [0.25, 0.3) is 0 Å². The summed E-state index contributed by atoms with van der Waals surface area (Å²) in [5.74, 6) is -2.38. The van der Waals surface area contributed by atoms with Crippen LogP contribution in [0.5, 0.6) is 0 Å². The SMILES string of the molecule is C=C(C)C(=O)OCC(COC(=O)C(=C)C)(COC(=O)C(=C)C)OC(N)=O. The molecule has 0 radical (unpaired) electrons. The van der Waals surface area contributed by atoms with E-state index in [1.165, 1.54) is 20.8 Å². The highest BCUT2D eigenvalue weighted by Crippen LogP contribution is 2.17. The first-order valence-electron chi connectivity index (χ1n) is 7.36. The number of hydrogen-bond donors (Lipinski definition) is 1. The second-order valence-corrected chi connectivity index (χ2v) is 5.67. The predicted molar refractivity (Wildman–Crippen MR) is 90.7 cm³/mol. The maximum absolute atomic E-state index is 11.6. The topological polar surface area (TPSA) is 131 Å². The Balaban J connectivity index is 5.48. The van der Waals surface area contributed by atoms with Crippen molar-refractivity contribution < 1.29 is 38.1 Å². The van der Waals surface area contributed by atoms with Crippen molar-refractivity contribution in [3.05, 3.63) is 36.5 Å². The van der Waals surface area contributed by atoms with Crippen LogP contribution in [0.3, 0.4) is 0 Å². The largest absolute Gasteiger partial charge is 0.458 e. The molecule has 9 nitrogen and oxygen atoms in total. The molecule has 0 saturated heterocycles. The average molecular weight is 369 g/mol. The van der Waals surface area contributed by atoms with E-state index in [0.717, 1.165) is 0 Å². The third kappa shape index (κ3) is 8.13. The van der Waals surface area contributed by atoms with Crippen molar-refractivity contribution in [2.24, 2.45) is 5.73 Å². The van der Waals surface area contributed by atoms with Crippen molar-refractivity contribution >= 4 is 24.0 Å². The highest BCUT2D eigenvalue weighted by molar-refractivity contribution is 5.88. The van der Waals surface area contributed by atoms with Crippen LogP contribution in [0.1, 0.15) is 20.8 Å². The van der Waals surface area contributed by atoms with Crippen LogP contribution in [0.2, 0.25) is 0 Å². The normalized spacial score (nSPS) is 10.3. The predicted octanol–water partition coefficient (Wildman–Crippen LogP) is 1.18. The van der Waals surface area contributed by atoms with E-state index in [2.05, 4.69) is 19.7 Å². The number of carbonyl (C=O) groups is 4. The summed E-state index contributed by atoms with van der Waals surface area (Å²) in [6, 6.07) is 0. The molecular formula is C17H23NO8. The van der Waals surface area contributed by atoms with Crippen molar-refractivity contribution in [3.8, 4) is 0 Å². The number of ether oxygens (including phenoxy) is 4.